The number of pyridine rings is 2. The van der Waals surface area contributed by atoms with Crippen LogP contribution < -0.4 is 11.1 Å². The molecule has 0 radical (unpaired) electrons. The van der Waals surface area contributed by atoms with E-state index in [-0.39, 0.29) is 11.8 Å². The van der Waals surface area contributed by atoms with Crippen LogP contribution in [0.5, 0.6) is 0 Å². The molecule has 0 spiro atoms. The molecule has 2 aromatic carbocycles. The molecule has 3 N–H and O–H groups in total. The number of rotatable bonds is 12. The van der Waals surface area contributed by atoms with Gasteiger partial charge in [0.15, 0.2) is 5.96 Å². The minimum atomic E-state index is -0.217. The lowest BCUT2D eigenvalue weighted by Gasteiger charge is -2.30. The molecule has 4 aromatic rings. The lowest BCUT2D eigenvalue weighted by molar-refractivity contribution is -0.122. The molecule has 39 heavy (non-hydrogen) atoms. The van der Waals surface area contributed by atoms with Gasteiger partial charge in [0.2, 0.25) is 0 Å². The Morgan fingerprint density at radius 1 is 0.923 bits per heavy atom. The van der Waals surface area contributed by atoms with Crippen LogP contribution in [0, 0.1) is 0 Å². The van der Waals surface area contributed by atoms with Gasteiger partial charge in [-0.25, -0.2) is 0 Å². The number of nitrogens with two attached hydrogens (primary N) is 1. The van der Waals surface area contributed by atoms with Crippen molar-refractivity contribution < 1.29 is 4.79 Å². The fraction of sp³-hybridized carbons (Fsp3) is 0.333. The van der Waals surface area contributed by atoms with Crippen LogP contribution in [0.3, 0.4) is 0 Å². The number of carbonyl (C=O) groups is 1. The maximum Gasteiger partial charge on any atom is 0.188 e. The van der Waals surface area contributed by atoms with Crippen molar-refractivity contribution in [2.45, 2.75) is 38.6 Å². The molecule has 0 fully saturated rings. The molecule has 2 aromatic heterocycles. The minimum absolute atomic E-state index is 0.148. The lowest BCUT2D eigenvalue weighted by atomic mass is 10.0. The van der Waals surface area contributed by atoms with E-state index < -0.39 is 0 Å². The van der Waals surface area contributed by atoms with E-state index >= 15 is 0 Å². The number of carbonyl (C=O) groups excluding carboxylic acids is 1. The zero-order valence-electron chi connectivity index (χ0n) is 22.3. The third-order valence-electron chi connectivity index (χ3n) is 6.84. The van der Waals surface area contributed by atoms with Gasteiger partial charge in [0, 0.05) is 71.7 Å². The summed E-state index contributed by atoms with van der Waals surface area (Å²) in [5.74, 6) is 0.549. The molecule has 1 atom stereocenters. The van der Waals surface area contributed by atoms with Gasteiger partial charge in [-0.1, -0.05) is 35.3 Å². The molecule has 0 aliphatic carbocycles. The topological polar surface area (TPSA) is 96.5 Å². The van der Waals surface area contributed by atoms with Crippen LogP contribution in [-0.2, 0) is 17.6 Å². The van der Waals surface area contributed by atoms with Crippen molar-refractivity contribution in [3.8, 4) is 0 Å². The lowest BCUT2D eigenvalue weighted by Crippen LogP contribution is -2.43. The van der Waals surface area contributed by atoms with Crippen LogP contribution in [0.4, 0.5) is 0 Å². The largest absolute Gasteiger partial charge is 0.370 e. The summed E-state index contributed by atoms with van der Waals surface area (Å²) >= 11 is 12.3. The molecule has 2 heterocycles. The van der Waals surface area contributed by atoms with Crippen molar-refractivity contribution in [1.82, 2.24) is 20.2 Å². The highest BCUT2D eigenvalue weighted by Gasteiger charge is 2.23. The molecule has 0 aliphatic rings. The second kappa shape index (κ2) is 13.7. The number of benzene rings is 2. The minimum Gasteiger partial charge on any atom is -0.370 e. The van der Waals surface area contributed by atoms with Gasteiger partial charge in [-0.05, 0) is 68.3 Å². The number of fused-ring (bicyclic) bond motifs is 2. The zero-order valence-corrected chi connectivity index (χ0v) is 23.8. The monoisotopic (exact) mass is 564 g/mol. The Bertz CT molecular complexity index is 1390. The average molecular weight is 566 g/mol. The van der Waals surface area contributed by atoms with Gasteiger partial charge < -0.3 is 11.1 Å². The first-order chi connectivity index (χ1) is 18.8. The van der Waals surface area contributed by atoms with Gasteiger partial charge >= 0.3 is 0 Å². The molecular formula is C30H34Cl2N6O. The van der Waals surface area contributed by atoms with Gasteiger partial charge in [-0.15, -0.1) is 0 Å². The number of ketones is 1. The zero-order chi connectivity index (χ0) is 27.8. The van der Waals surface area contributed by atoms with Crippen LogP contribution in [0.1, 0.15) is 31.2 Å². The highest BCUT2D eigenvalue weighted by molar-refractivity contribution is 6.31. The Morgan fingerprint density at radius 3 is 1.95 bits per heavy atom. The van der Waals surface area contributed by atoms with Crippen LogP contribution in [0.2, 0.25) is 10.0 Å². The summed E-state index contributed by atoms with van der Waals surface area (Å²) in [6.07, 6.45) is 2.95. The SMILES string of the molecule is CN=C(N)NCCCC(C(C)=O)N(CCc1ccc2cc(Cl)ccc2n1)CCc1ccc2cc(Cl)ccc2n1. The summed E-state index contributed by atoms with van der Waals surface area (Å²) < 4.78 is 0. The Morgan fingerprint density at radius 2 is 1.46 bits per heavy atom. The fourth-order valence-electron chi connectivity index (χ4n) is 4.73. The number of Topliss-reactive ketones (excluding diaryl/α,β-unsaturated/α-hetero) is 1. The number of guanidine groups is 1. The number of hydrogen-bond acceptors (Lipinski definition) is 5. The smallest absolute Gasteiger partial charge is 0.188 e. The van der Waals surface area contributed by atoms with Gasteiger partial charge in [-0.3, -0.25) is 24.7 Å². The Kier molecular flexibility index (Phi) is 10.1. The molecule has 9 heteroatoms. The molecule has 0 saturated heterocycles. The standard InChI is InChI=1S/C30H34Cl2N6O/c1-20(39)29(4-3-15-35-30(33)34-2)38(16-13-25-9-5-21-18-23(31)7-11-27(21)36-25)17-14-26-10-6-22-19-24(32)8-12-28(22)37-26/h5-12,18-19,29H,3-4,13-17H2,1-2H3,(H3,33,34,35). The van der Waals surface area contributed by atoms with Crippen molar-refractivity contribution in [2.24, 2.45) is 10.7 Å². The maximum absolute atomic E-state index is 12.8. The Balaban J connectivity index is 1.49. The predicted octanol–water partition coefficient (Wildman–Crippen LogP) is 5.45. The number of nitrogens with zero attached hydrogens (tertiary/aromatic N) is 4. The van der Waals surface area contributed by atoms with E-state index in [1.54, 1.807) is 14.0 Å². The molecule has 0 aliphatic heterocycles. The number of aromatic nitrogens is 2. The van der Waals surface area contributed by atoms with E-state index in [1.807, 2.05) is 60.7 Å². The first-order valence-corrected chi connectivity index (χ1v) is 13.9. The maximum atomic E-state index is 12.8. The molecule has 7 nitrogen and oxygen atoms in total. The van der Waals surface area contributed by atoms with Gasteiger partial charge in [0.05, 0.1) is 17.1 Å². The number of nitrogens with one attached hydrogen (secondary N) is 1. The average Bonchev–Trinajstić information content (AvgIpc) is 2.93. The summed E-state index contributed by atoms with van der Waals surface area (Å²) in [6.45, 7) is 3.73. The highest BCUT2D eigenvalue weighted by atomic mass is 35.5. The molecule has 0 bridgehead atoms. The summed E-state index contributed by atoms with van der Waals surface area (Å²) in [7, 11) is 1.65. The summed E-state index contributed by atoms with van der Waals surface area (Å²) in [4.78, 5) is 28.7. The predicted molar refractivity (Wildman–Crippen MR) is 162 cm³/mol. The van der Waals surface area contributed by atoms with Crippen LogP contribution in [-0.4, -0.2) is 59.3 Å². The first-order valence-electron chi connectivity index (χ1n) is 13.1. The summed E-state index contributed by atoms with van der Waals surface area (Å²) in [5, 5.41) is 6.49. The molecule has 0 amide bonds. The van der Waals surface area contributed by atoms with E-state index in [2.05, 4.69) is 15.2 Å². The van der Waals surface area contributed by atoms with Crippen LogP contribution in [0.25, 0.3) is 21.8 Å². The van der Waals surface area contributed by atoms with Crippen molar-refractivity contribution in [3.05, 3.63) is 82.1 Å². The molecule has 1 unspecified atom stereocenters. The van der Waals surface area contributed by atoms with Crippen LogP contribution >= 0.6 is 23.2 Å². The quantitative estimate of drug-likeness (QED) is 0.135. The second-order valence-electron chi connectivity index (χ2n) is 9.62. The van der Waals surface area contributed by atoms with E-state index in [4.69, 9.17) is 38.9 Å². The molecular weight excluding hydrogens is 531 g/mol. The van der Waals surface area contributed by atoms with E-state index in [1.165, 1.54) is 0 Å². The summed E-state index contributed by atoms with van der Waals surface area (Å²) in [6, 6.07) is 19.4. The highest BCUT2D eigenvalue weighted by Crippen LogP contribution is 2.20. The normalized spacial score (nSPS) is 12.8. The number of aliphatic imine (C=N–C) groups is 1. The van der Waals surface area contributed by atoms with Crippen molar-refractivity contribution in [3.63, 3.8) is 0 Å². The molecule has 0 saturated carbocycles. The molecule has 204 valence electrons. The molecule has 4 rings (SSSR count). The van der Waals surface area contributed by atoms with Crippen molar-refractivity contribution >= 4 is 56.8 Å². The van der Waals surface area contributed by atoms with Crippen molar-refractivity contribution in [2.75, 3.05) is 26.7 Å². The van der Waals surface area contributed by atoms with Gasteiger partial charge in [-0.2, -0.15) is 0 Å². The summed E-state index contributed by atoms with van der Waals surface area (Å²) in [5.41, 5.74) is 9.54. The first kappa shape index (κ1) is 28.7. The van der Waals surface area contributed by atoms with Crippen LogP contribution in [0.15, 0.2) is 65.7 Å². The number of halogens is 2. The second-order valence-corrected chi connectivity index (χ2v) is 10.5. The Hall–Kier alpha value is -3.26. The van der Waals surface area contributed by atoms with E-state index in [0.29, 0.717) is 42.1 Å². The van der Waals surface area contributed by atoms with E-state index in [0.717, 1.165) is 52.5 Å². The Labute approximate surface area is 239 Å². The van der Waals surface area contributed by atoms with Gasteiger partial charge in [0.25, 0.3) is 0 Å². The van der Waals surface area contributed by atoms with Crippen molar-refractivity contribution in [1.29, 1.82) is 0 Å². The van der Waals surface area contributed by atoms with E-state index in [9.17, 15) is 4.79 Å². The third kappa shape index (κ3) is 8.12. The fourth-order valence-corrected chi connectivity index (χ4v) is 5.09. The number of hydrogen-bond donors (Lipinski definition) is 2. The third-order valence-corrected chi connectivity index (χ3v) is 7.31. The van der Waals surface area contributed by atoms with Gasteiger partial charge in [0.1, 0.15) is 5.78 Å².